The average Bonchev–Trinajstić information content (AvgIpc) is 2.33. The SMILES string of the molecule is CC(C)(C)OC(=O)N(CCC(=O)O)Cc1ccccc1. The molecule has 0 saturated carbocycles. The summed E-state index contributed by atoms with van der Waals surface area (Å²) in [6, 6.07) is 9.41. The Bertz CT molecular complexity index is 451. The maximum Gasteiger partial charge on any atom is 0.410 e. The molecule has 0 spiro atoms. The maximum absolute atomic E-state index is 12.1. The summed E-state index contributed by atoms with van der Waals surface area (Å²) in [7, 11) is 0. The van der Waals surface area contributed by atoms with Crippen molar-refractivity contribution >= 4 is 12.1 Å². The Morgan fingerprint density at radius 3 is 2.30 bits per heavy atom. The van der Waals surface area contributed by atoms with Crippen molar-refractivity contribution < 1.29 is 19.4 Å². The predicted octanol–water partition coefficient (Wildman–Crippen LogP) is 2.90. The minimum atomic E-state index is -0.938. The number of carboxylic acids is 1. The number of carbonyl (C=O) groups is 2. The number of hydrogen-bond acceptors (Lipinski definition) is 3. The fourth-order valence-corrected chi connectivity index (χ4v) is 1.60. The Morgan fingerprint density at radius 2 is 1.80 bits per heavy atom. The third-order valence-corrected chi connectivity index (χ3v) is 2.46. The van der Waals surface area contributed by atoms with E-state index >= 15 is 0 Å². The molecule has 0 atom stereocenters. The van der Waals surface area contributed by atoms with Gasteiger partial charge < -0.3 is 14.7 Å². The number of hydrogen-bond donors (Lipinski definition) is 1. The van der Waals surface area contributed by atoms with Gasteiger partial charge in [-0.05, 0) is 26.3 Å². The van der Waals surface area contributed by atoms with Crippen LogP contribution in [0.1, 0.15) is 32.8 Å². The normalized spacial score (nSPS) is 10.9. The van der Waals surface area contributed by atoms with Crippen LogP contribution in [0.2, 0.25) is 0 Å². The van der Waals surface area contributed by atoms with Crippen molar-refractivity contribution in [3.8, 4) is 0 Å². The highest BCUT2D eigenvalue weighted by Crippen LogP contribution is 2.13. The van der Waals surface area contributed by atoms with Gasteiger partial charge in [0.1, 0.15) is 5.60 Å². The summed E-state index contributed by atoms with van der Waals surface area (Å²) in [5.41, 5.74) is 0.332. The number of amides is 1. The van der Waals surface area contributed by atoms with E-state index in [1.807, 2.05) is 30.3 Å². The minimum absolute atomic E-state index is 0.105. The summed E-state index contributed by atoms with van der Waals surface area (Å²) in [6.45, 7) is 5.80. The lowest BCUT2D eigenvalue weighted by Crippen LogP contribution is -2.37. The summed E-state index contributed by atoms with van der Waals surface area (Å²) < 4.78 is 5.30. The van der Waals surface area contributed by atoms with Crippen molar-refractivity contribution in [1.82, 2.24) is 4.90 Å². The van der Waals surface area contributed by atoms with E-state index < -0.39 is 17.7 Å². The molecule has 0 fully saturated rings. The third kappa shape index (κ3) is 6.22. The Balaban J connectivity index is 2.74. The molecule has 1 rings (SSSR count). The van der Waals surface area contributed by atoms with Gasteiger partial charge in [0, 0.05) is 13.1 Å². The highest BCUT2D eigenvalue weighted by atomic mass is 16.6. The monoisotopic (exact) mass is 279 g/mol. The summed E-state index contributed by atoms with van der Waals surface area (Å²) in [6.07, 6.45) is -0.603. The van der Waals surface area contributed by atoms with Gasteiger partial charge in [0.15, 0.2) is 0 Å². The van der Waals surface area contributed by atoms with Crippen LogP contribution < -0.4 is 0 Å². The fraction of sp³-hybridized carbons (Fsp3) is 0.467. The second-order valence-electron chi connectivity index (χ2n) is 5.53. The molecule has 0 saturated heterocycles. The van der Waals surface area contributed by atoms with Crippen LogP contribution in [0.3, 0.4) is 0 Å². The molecule has 1 amide bonds. The zero-order chi connectivity index (χ0) is 15.2. The number of ether oxygens (including phenoxy) is 1. The second kappa shape index (κ2) is 6.93. The number of nitrogens with zero attached hydrogens (tertiary/aromatic N) is 1. The Hall–Kier alpha value is -2.04. The van der Waals surface area contributed by atoms with Crippen molar-refractivity contribution in [1.29, 1.82) is 0 Å². The van der Waals surface area contributed by atoms with Gasteiger partial charge in [-0.15, -0.1) is 0 Å². The summed E-state index contributed by atoms with van der Waals surface area (Å²) in [5, 5.41) is 8.76. The van der Waals surface area contributed by atoms with E-state index in [2.05, 4.69) is 0 Å². The van der Waals surface area contributed by atoms with Crippen LogP contribution >= 0.6 is 0 Å². The first kappa shape index (κ1) is 16.0. The van der Waals surface area contributed by atoms with Crippen molar-refractivity contribution in [3.63, 3.8) is 0 Å². The molecule has 5 heteroatoms. The average molecular weight is 279 g/mol. The molecule has 1 N–H and O–H groups in total. The van der Waals surface area contributed by atoms with Crippen LogP contribution in [-0.4, -0.2) is 34.2 Å². The number of rotatable bonds is 5. The van der Waals surface area contributed by atoms with Gasteiger partial charge in [0.05, 0.1) is 6.42 Å². The Labute approximate surface area is 119 Å². The minimum Gasteiger partial charge on any atom is -0.481 e. The van der Waals surface area contributed by atoms with E-state index in [-0.39, 0.29) is 13.0 Å². The van der Waals surface area contributed by atoms with Gasteiger partial charge in [-0.1, -0.05) is 30.3 Å². The zero-order valence-corrected chi connectivity index (χ0v) is 12.1. The van der Waals surface area contributed by atoms with E-state index in [0.717, 1.165) is 5.56 Å². The van der Waals surface area contributed by atoms with E-state index in [1.165, 1.54) is 4.90 Å². The molecule has 0 heterocycles. The maximum atomic E-state index is 12.1. The topological polar surface area (TPSA) is 66.8 Å². The molecule has 1 aromatic carbocycles. The lowest BCUT2D eigenvalue weighted by molar-refractivity contribution is -0.137. The molecule has 0 aliphatic heterocycles. The largest absolute Gasteiger partial charge is 0.481 e. The molecule has 20 heavy (non-hydrogen) atoms. The van der Waals surface area contributed by atoms with Crippen LogP contribution in [0.5, 0.6) is 0 Å². The van der Waals surface area contributed by atoms with Gasteiger partial charge in [0.25, 0.3) is 0 Å². The molecule has 110 valence electrons. The van der Waals surface area contributed by atoms with Crippen LogP contribution in [0.15, 0.2) is 30.3 Å². The zero-order valence-electron chi connectivity index (χ0n) is 12.1. The summed E-state index contributed by atoms with van der Waals surface area (Å²) in [4.78, 5) is 24.2. The van der Waals surface area contributed by atoms with Gasteiger partial charge >= 0.3 is 12.1 Å². The third-order valence-electron chi connectivity index (χ3n) is 2.46. The van der Waals surface area contributed by atoms with Gasteiger partial charge in [-0.2, -0.15) is 0 Å². The Kier molecular flexibility index (Phi) is 5.55. The van der Waals surface area contributed by atoms with Gasteiger partial charge in [-0.3, -0.25) is 4.79 Å². The lowest BCUT2D eigenvalue weighted by Gasteiger charge is -2.27. The molecule has 0 bridgehead atoms. The van der Waals surface area contributed by atoms with E-state index in [0.29, 0.717) is 6.54 Å². The molecule has 0 aliphatic carbocycles. The number of carboxylic acid groups (broad SMARTS) is 1. The number of aliphatic carboxylic acids is 1. The quantitative estimate of drug-likeness (QED) is 0.900. The summed E-state index contributed by atoms with van der Waals surface area (Å²) in [5.74, 6) is -0.938. The highest BCUT2D eigenvalue weighted by molar-refractivity contribution is 5.70. The first-order chi connectivity index (χ1) is 9.28. The van der Waals surface area contributed by atoms with Crippen LogP contribution in [-0.2, 0) is 16.1 Å². The van der Waals surface area contributed by atoms with Crippen molar-refractivity contribution in [2.24, 2.45) is 0 Å². The molecule has 5 nitrogen and oxygen atoms in total. The molecule has 0 radical (unpaired) electrons. The van der Waals surface area contributed by atoms with Crippen LogP contribution in [0.4, 0.5) is 4.79 Å². The number of carbonyl (C=O) groups excluding carboxylic acids is 1. The van der Waals surface area contributed by atoms with E-state index in [4.69, 9.17) is 9.84 Å². The predicted molar refractivity (Wildman–Crippen MR) is 75.3 cm³/mol. The standard InChI is InChI=1S/C15H21NO4/c1-15(2,3)20-14(19)16(10-9-13(17)18)11-12-7-5-4-6-8-12/h4-8H,9-11H2,1-3H3,(H,17,18). The first-order valence-corrected chi connectivity index (χ1v) is 6.51. The molecule has 0 aliphatic rings. The van der Waals surface area contributed by atoms with Gasteiger partial charge in [0.2, 0.25) is 0 Å². The summed E-state index contributed by atoms with van der Waals surface area (Å²) >= 11 is 0. The van der Waals surface area contributed by atoms with Gasteiger partial charge in [-0.25, -0.2) is 4.79 Å². The Morgan fingerprint density at radius 1 is 1.20 bits per heavy atom. The molecule has 1 aromatic rings. The first-order valence-electron chi connectivity index (χ1n) is 6.51. The fourth-order valence-electron chi connectivity index (χ4n) is 1.60. The second-order valence-corrected chi connectivity index (χ2v) is 5.53. The highest BCUT2D eigenvalue weighted by Gasteiger charge is 2.22. The van der Waals surface area contributed by atoms with Crippen molar-refractivity contribution in [2.75, 3.05) is 6.54 Å². The molecule has 0 unspecified atom stereocenters. The van der Waals surface area contributed by atoms with E-state index in [9.17, 15) is 9.59 Å². The van der Waals surface area contributed by atoms with Crippen LogP contribution in [0, 0.1) is 0 Å². The molecular weight excluding hydrogens is 258 g/mol. The van der Waals surface area contributed by atoms with Crippen molar-refractivity contribution in [3.05, 3.63) is 35.9 Å². The van der Waals surface area contributed by atoms with Crippen molar-refractivity contribution in [2.45, 2.75) is 39.3 Å². The molecular formula is C15H21NO4. The van der Waals surface area contributed by atoms with E-state index in [1.54, 1.807) is 20.8 Å². The number of benzene rings is 1. The lowest BCUT2D eigenvalue weighted by atomic mass is 10.2. The smallest absolute Gasteiger partial charge is 0.410 e. The molecule has 0 aromatic heterocycles. The van der Waals surface area contributed by atoms with Crippen LogP contribution in [0.25, 0.3) is 0 Å².